The van der Waals surface area contributed by atoms with Gasteiger partial charge in [0.15, 0.2) is 0 Å². The van der Waals surface area contributed by atoms with E-state index in [-0.39, 0.29) is 22.8 Å². The number of carboxylic acids is 1. The fraction of sp³-hybridized carbons (Fsp3) is 0.533. The lowest BCUT2D eigenvalue weighted by atomic mass is 10.2. The fourth-order valence-corrected chi connectivity index (χ4v) is 6.44. The number of aliphatic carboxylic acids is 1. The predicted molar refractivity (Wildman–Crippen MR) is 89.0 cm³/mol. The van der Waals surface area contributed by atoms with E-state index in [2.05, 4.69) is 0 Å². The Bertz CT molecular complexity index is 858. The molecule has 2 aliphatic heterocycles. The van der Waals surface area contributed by atoms with Crippen LogP contribution in [0.3, 0.4) is 0 Å². The number of nitrogens with zero attached hydrogens (tertiary/aromatic N) is 2. The predicted octanol–water partition coefficient (Wildman–Crippen LogP) is 0.709. The van der Waals surface area contributed by atoms with E-state index in [9.17, 15) is 26.7 Å². The van der Waals surface area contributed by atoms with E-state index >= 15 is 0 Å². The third-order valence-electron chi connectivity index (χ3n) is 4.62. The molecule has 0 aliphatic carbocycles. The summed E-state index contributed by atoms with van der Waals surface area (Å²) in [5.41, 5.74) is 0. The van der Waals surface area contributed by atoms with Gasteiger partial charge in [0.2, 0.25) is 20.0 Å². The number of hydrogen-bond acceptors (Lipinski definition) is 5. The minimum Gasteiger partial charge on any atom is -0.480 e. The molecular formula is C15H20N2O6S2. The van der Waals surface area contributed by atoms with Crippen LogP contribution in [0.25, 0.3) is 0 Å². The van der Waals surface area contributed by atoms with Gasteiger partial charge in [-0.15, -0.1) is 0 Å². The normalized spacial score (nSPS) is 23.1. The van der Waals surface area contributed by atoms with Gasteiger partial charge in [-0.3, -0.25) is 4.79 Å². The Labute approximate surface area is 147 Å². The number of hydrogen-bond donors (Lipinski definition) is 1. The molecule has 2 fully saturated rings. The molecule has 1 N–H and O–H groups in total. The summed E-state index contributed by atoms with van der Waals surface area (Å²) in [6.45, 7) is 1.08. The van der Waals surface area contributed by atoms with Crippen molar-refractivity contribution >= 4 is 26.0 Å². The second kappa shape index (κ2) is 6.67. The molecule has 0 radical (unpaired) electrons. The first-order chi connectivity index (χ1) is 11.7. The zero-order chi connectivity index (χ0) is 18.2. The quantitative estimate of drug-likeness (QED) is 0.795. The molecule has 1 atom stereocenters. The molecule has 3 rings (SSSR count). The largest absolute Gasteiger partial charge is 0.480 e. The highest BCUT2D eigenvalue weighted by molar-refractivity contribution is 7.89. The zero-order valence-corrected chi connectivity index (χ0v) is 15.2. The zero-order valence-electron chi connectivity index (χ0n) is 13.5. The summed E-state index contributed by atoms with van der Waals surface area (Å²) in [5.74, 6) is -1.17. The maximum atomic E-state index is 12.7. The molecule has 138 valence electrons. The molecule has 0 aromatic heterocycles. The van der Waals surface area contributed by atoms with Gasteiger partial charge in [-0.2, -0.15) is 8.61 Å². The molecule has 2 saturated heterocycles. The SMILES string of the molecule is O=C(O)[C@@H]1CCCN1S(=O)(=O)c1ccc(S(=O)(=O)N2CCCC2)cc1. The van der Waals surface area contributed by atoms with Gasteiger partial charge in [-0.25, -0.2) is 16.8 Å². The van der Waals surface area contributed by atoms with E-state index in [4.69, 9.17) is 0 Å². The highest BCUT2D eigenvalue weighted by Gasteiger charge is 2.39. The second-order valence-electron chi connectivity index (χ2n) is 6.19. The first-order valence-corrected chi connectivity index (χ1v) is 11.0. The van der Waals surface area contributed by atoms with Crippen molar-refractivity contribution in [2.45, 2.75) is 41.5 Å². The van der Waals surface area contributed by atoms with Crippen molar-refractivity contribution in [3.05, 3.63) is 24.3 Å². The lowest BCUT2D eigenvalue weighted by molar-refractivity contribution is -0.140. The molecule has 2 heterocycles. The van der Waals surface area contributed by atoms with Crippen LogP contribution in [0.5, 0.6) is 0 Å². The van der Waals surface area contributed by atoms with Gasteiger partial charge in [-0.1, -0.05) is 0 Å². The van der Waals surface area contributed by atoms with Crippen LogP contribution in [-0.4, -0.2) is 62.2 Å². The van der Waals surface area contributed by atoms with Gasteiger partial charge in [0.1, 0.15) is 6.04 Å². The lowest BCUT2D eigenvalue weighted by Crippen LogP contribution is -2.40. The standard InChI is InChI=1S/C15H20N2O6S2/c18-15(19)14-4-3-11-17(14)25(22,23)13-7-5-12(6-8-13)24(20,21)16-9-1-2-10-16/h5-8,14H,1-4,9-11H2,(H,18,19)/t14-/m0/s1. The van der Waals surface area contributed by atoms with E-state index in [1.54, 1.807) is 0 Å². The van der Waals surface area contributed by atoms with Crippen LogP contribution in [0.1, 0.15) is 25.7 Å². The summed E-state index contributed by atoms with van der Waals surface area (Å²) in [5, 5.41) is 9.18. The fourth-order valence-electron chi connectivity index (χ4n) is 3.27. The smallest absolute Gasteiger partial charge is 0.322 e. The van der Waals surface area contributed by atoms with Crippen LogP contribution in [0.2, 0.25) is 0 Å². The van der Waals surface area contributed by atoms with E-state index in [0.29, 0.717) is 19.5 Å². The van der Waals surface area contributed by atoms with Gasteiger partial charge in [-0.05, 0) is 49.9 Å². The maximum Gasteiger partial charge on any atom is 0.322 e. The Hall–Kier alpha value is -1.49. The van der Waals surface area contributed by atoms with E-state index in [0.717, 1.165) is 17.1 Å². The Morgan fingerprint density at radius 1 is 0.880 bits per heavy atom. The number of benzene rings is 1. The van der Waals surface area contributed by atoms with E-state index in [1.165, 1.54) is 28.6 Å². The topological polar surface area (TPSA) is 112 Å². The lowest BCUT2D eigenvalue weighted by Gasteiger charge is -2.21. The molecule has 0 spiro atoms. The van der Waals surface area contributed by atoms with Crippen molar-refractivity contribution in [2.75, 3.05) is 19.6 Å². The van der Waals surface area contributed by atoms with Crippen LogP contribution < -0.4 is 0 Å². The van der Waals surface area contributed by atoms with Crippen molar-refractivity contribution in [3.8, 4) is 0 Å². The second-order valence-corrected chi connectivity index (χ2v) is 10.0. The van der Waals surface area contributed by atoms with Gasteiger partial charge < -0.3 is 5.11 Å². The van der Waals surface area contributed by atoms with Crippen molar-refractivity contribution in [1.82, 2.24) is 8.61 Å². The molecule has 0 saturated carbocycles. The molecular weight excluding hydrogens is 368 g/mol. The average Bonchev–Trinajstić information content (AvgIpc) is 3.26. The number of carboxylic acid groups (broad SMARTS) is 1. The number of rotatable bonds is 5. The molecule has 25 heavy (non-hydrogen) atoms. The summed E-state index contributed by atoms with van der Waals surface area (Å²) < 4.78 is 52.7. The Balaban J connectivity index is 1.88. The number of carbonyl (C=O) groups is 1. The molecule has 2 aliphatic rings. The highest BCUT2D eigenvalue weighted by atomic mass is 32.2. The van der Waals surface area contributed by atoms with E-state index < -0.39 is 32.1 Å². The summed E-state index contributed by atoms with van der Waals surface area (Å²) in [6.07, 6.45) is 2.39. The van der Waals surface area contributed by atoms with E-state index in [1.807, 2.05) is 0 Å². The van der Waals surface area contributed by atoms with Crippen LogP contribution in [0.15, 0.2) is 34.1 Å². The third kappa shape index (κ3) is 3.31. The van der Waals surface area contributed by atoms with Crippen molar-refractivity contribution < 1.29 is 26.7 Å². The molecule has 1 aromatic rings. The van der Waals surface area contributed by atoms with Gasteiger partial charge in [0.25, 0.3) is 0 Å². The van der Waals surface area contributed by atoms with Crippen LogP contribution in [0.4, 0.5) is 0 Å². The summed E-state index contributed by atoms with van der Waals surface area (Å²) in [4.78, 5) is 11.2. The Morgan fingerprint density at radius 2 is 1.40 bits per heavy atom. The third-order valence-corrected chi connectivity index (χ3v) is 8.46. The van der Waals surface area contributed by atoms with Crippen LogP contribution in [-0.2, 0) is 24.8 Å². The molecule has 8 nitrogen and oxygen atoms in total. The highest BCUT2D eigenvalue weighted by Crippen LogP contribution is 2.28. The van der Waals surface area contributed by atoms with Crippen LogP contribution >= 0.6 is 0 Å². The van der Waals surface area contributed by atoms with Crippen molar-refractivity contribution in [2.24, 2.45) is 0 Å². The maximum absolute atomic E-state index is 12.7. The number of sulfonamides is 2. The summed E-state index contributed by atoms with van der Waals surface area (Å²) in [7, 11) is -7.58. The average molecular weight is 388 g/mol. The first kappa shape index (κ1) is 18.3. The van der Waals surface area contributed by atoms with Crippen LogP contribution in [0, 0.1) is 0 Å². The molecule has 0 bridgehead atoms. The van der Waals surface area contributed by atoms with Gasteiger partial charge >= 0.3 is 5.97 Å². The minimum absolute atomic E-state index is 0.0459. The monoisotopic (exact) mass is 388 g/mol. The van der Waals surface area contributed by atoms with Gasteiger partial charge in [0.05, 0.1) is 9.79 Å². The van der Waals surface area contributed by atoms with Crippen molar-refractivity contribution in [1.29, 1.82) is 0 Å². The molecule has 1 aromatic carbocycles. The summed E-state index contributed by atoms with van der Waals surface area (Å²) in [6, 6.07) is 3.93. The van der Waals surface area contributed by atoms with Gasteiger partial charge in [0, 0.05) is 19.6 Å². The van der Waals surface area contributed by atoms with Crippen molar-refractivity contribution in [3.63, 3.8) is 0 Å². The minimum atomic E-state index is -3.97. The molecule has 0 unspecified atom stereocenters. The molecule has 10 heteroatoms. The summed E-state index contributed by atoms with van der Waals surface area (Å²) >= 11 is 0. The Morgan fingerprint density at radius 3 is 1.92 bits per heavy atom. The first-order valence-electron chi connectivity index (χ1n) is 8.09. The molecule has 0 amide bonds. The Kier molecular flexibility index (Phi) is 4.89.